The second-order valence-electron chi connectivity index (χ2n) is 7.18. The van der Waals surface area contributed by atoms with Gasteiger partial charge in [0, 0.05) is 38.4 Å². The SMILES string of the molecule is O=C(CC1CC1)N1CC[C@H]2OCC[C@@]2(COc2ccccn2)C1. The fraction of sp³-hybridized carbons (Fsp3) is 0.667. The minimum atomic E-state index is -0.0744. The summed E-state index contributed by atoms with van der Waals surface area (Å²) < 4.78 is 11.9. The van der Waals surface area contributed by atoms with E-state index < -0.39 is 0 Å². The number of aromatic nitrogens is 1. The van der Waals surface area contributed by atoms with Crippen LogP contribution in [0.2, 0.25) is 0 Å². The zero-order valence-corrected chi connectivity index (χ0v) is 13.4. The topological polar surface area (TPSA) is 51.7 Å². The number of fused-ring (bicyclic) bond motifs is 1. The molecule has 23 heavy (non-hydrogen) atoms. The Labute approximate surface area is 137 Å². The van der Waals surface area contributed by atoms with Gasteiger partial charge in [-0.3, -0.25) is 4.79 Å². The third-order valence-electron chi connectivity index (χ3n) is 5.43. The highest BCUT2D eigenvalue weighted by Gasteiger charge is 2.49. The summed E-state index contributed by atoms with van der Waals surface area (Å²) in [5.74, 6) is 1.60. The molecule has 3 fully saturated rings. The van der Waals surface area contributed by atoms with Crippen molar-refractivity contribution in [1.82, 2.24) is 9.88 Å². The Kier molecular flexibility index (Phi) is 3.97. The molecule has 0 unspecified atom stereocenters. The predicted molar refractivity (Wildman–Crippen MR) is 85.1 cm³/mol. The fourth-order valence-electron chi connectivity index (χ4n) is 3.82. The molecule has 1 aromatic rings. The first kappa shape index (κ1) is 14.9. The second kappa shape index (κ2) is 6.11. The molecule has 1 aliphatic carbocycles. The van der Waals surface area contributed by atoms with E-state index in [0.29, 0.717) is 24.3 Å². The van der Waals surface area contributed by atoms with E-state index in [1.807, 2.05) is 23.1 Å². The van der Waals surface area contributed by atoms with E-state index in [-0.39, 0.29) is 11.5 Å². The molecule has 3 aliphatic rings. The predicted octanol–water partition coefficient (Wildman–Crippen LogP) is 2.27. The average molecular weight is 316 g/mol. The van der Waals surface area contributed by atoms with Crippen LogP contribution in [0.4, 0.5) is 0 Å². The summed E-state index contributed by atoms with van der Waals surface area (Å²) in [5.41, 5.74) is -0.0744. The lowest BCUT2D eigenvalue weighted by molar-refractivity contribution is -0.138. The van der Waals surface area contributed by atoms with Gasteiger partial charge in [-0.2, -0.15) is 0 Å². The van der Waals surface area contributed by atoms with Crippen LogP contribution in [-0.4, -0.2) is 48.2 Å². The van der Waals surface area contributed by atoms with Crippen molar-refractivity contribution in [3.05, 3.63) is 24.4 Å². The molecule has 0 radical (unpaired) electrons. The molecule has 124 valence electrons. The molecule has 2 aliphatic heterocycles. The summed E-state index contributed by atoms with van der Waals surface area (Å²) in [6.45, 7) is 2.92. The summed E-state index contributed by atoms with van der Waals surface area (Å²) in [7, 11) is 0. The van der Waals surface area contributed by atoms with E-state index in [1.165, 1.54) is 12.8 Å². The minimum Gasteiger partial charge on any atom is -0.477 e. The monoisotopic (exact) mass is 316 g/mol. The highest BCUT2D eigenvalue weighted by Crippen LogP contribution is 2.42. The molecular formula is C18H24N2O3. The highest BCUT2D eigenvalue weighted by atomic mass is 16.5. The first-order valence-electron chi connectivity index (χ1n) is 8.68. The number of piperidine rings is 1. The van der Waals surface area contributed by atoms with Crippen molar-refractivity contribution >= 4 is 5.91 Å². The maximum atomic E-state index is 12.5. The molecule has 5 heteroatoms. The number of rotatable bonds is 5. The Hall–Kier alpha value is -1.62. The van der Waals surface area contributed by atoms with Crippen molar-refractivity contribution in [3.63, 3.8) is 0 Å². The number of pyridine rings is 1. The quantitative estimate of drug-likeness (QED) is 0.836. The molecule has 1 saturated carbocycles. The van der Waals surface area contributed by atoms with E-state index >= 15 is 0 Å². The number of likely N-dealkylation sites (tertiary alicyclic amines) is 1. The Morgan fingerprint density at radius 3 is 3.09 bits per heavy atom. The third kappa shape index (κ3) is 3.20. The summed E-state index contributed by atoms with van der Waals surface area (Å²) in [5, 5.41) is 0. The molecule has 0 aromatic carbocycles. The molecule has 4 rings (SSSR count). The van der Waals surface area contributed by atoms with Crippen LogP contribution in [0.5, 0.6) is 5.88 Å². The van der Waals surface area contributed by atoms with Gasteiger partial charge in [-0.25, -0.2) is 4.98 Å². The van der Waals surface area contributed by atoms with Crippen molar-refractivity contribution < 1.29 is 14.3 Å². The van der Waals surface area contributed by atoms with Gasteiger partial charge in [0.25, 0.3) is 0 Å². The van der Waals surface area contributed by atoms with Crippen LogP contribution in [0.25, 0.3) is 0 Å². The van der Waals surface area contributed by atoms with Crippen molar-refractivity contribution in [2.24, 2.45) is 11.3 Å². The van der Waals surface area contributed by atoms with E-state index in [9.17, 15) is 4.79 Å². The molecule has 1 aromatic heterocycles. The van der Waals surface area contributed by atoms with E-state index in [0.717, 1.165) is 39.0 Å². The largest absolute Gasteiger partial charge is 0.477 e. The standard InChI is InChI=1S/C18H24N2O3/c21-17(11-14-4-5-14)20-9-6-15-18(12-20,7-10-22-15)13-23-16-3-1-2-8-19-16/h1-3,8,14-15H,4-7,9-13H2/t15-,18+/m1/s1. The van der Waals surface area contributed by atoms with Gasteiger partial charge < -0.3 is 14.4 Å². The number of carbonyl (C=O) groups is 1. The zero-order valence-electron chi connectivity index (χ0n) is 13.4. The van der Waals surface area contributed by atoms with Crippen molar-refractivity contribution in [2.75, 3.05) is 26.3 Å². The average Bonchev–Trinajstić information content (AvgIpc) is 3.29. The van der Waals surface area contributed by atoms with Gasteiger partial charge in [-0.1, -0.05) is 6.07 Å². The lowest BCUT2D eigenvalue weighted by atomic mass is 9.77. The zero-order chi connectivity index (χ0) is 15.7. The van der Waals surface area contributed by atoms with Crippen molar-refractivity contribution in [2.45, 2.75) is 38.2 Å². The summed E-state index contributed by atoms with van der Waals surface area (Å²) in [6.07, 6.45) is 6.99. The number of hydrogen-bond acceptors (Lipinski definition) is 4. The van der Waals surface area contributed by atoms with Crippen LogP contribution in [-0.2, 0) is 9.53 Å². The Morgan fingerprint density at radius 1 is 1.39 bits per heavy atom. The van der Waals surface area contributed by atoms with Crippen LogP contribution in [0, 0.1) is 11.3 Å². The highest BCUT2D eigenvalue weighted by molar-refractivity contribution is 5.77. The van der Waals surface area contributed by atoms with Crippen LogP contribution in [0.3, 0.4) is 0 Å². The van der Waals surface area contributed by atoms with Crippen molar-refractivity contribution in [1.29, 1.82) is 0 Å². The summed E-state index contributed by atoms with van der Waals surface area (Å²) in [6, 6.07) is 5.68. The third-order valence-corrected chi connectivity index (χ3v) is 5.43. The van der Waals surface area contributed by atoms with Crippen LogP contribution < -0.4 is 4.74 Å². The number of nitrogens with zero attached hydrogens (tertiary/aromatic N) is 2. The molecular weight excluding hydrogens is 292 g/mol. The van der Waals surface area contributed by atoms with E-state index in [2.05, 4.69) is 4.98 Å². The lowest BCUT2D eigenvalue weighted by Crippen LogP contribution is -2.54. The van der Waals surface area contributed by atoms with E-state index in [4.69, 9.17) is 9.47 Å². The van der Waals surface area contributed by atoms with Gasteiger partial charge in [0.2, 0.25) is 11.8 Å². The van der Waals surface area contributed by atoms with Crippen LogP contribution in [0.1, 0.15) is 32.1 Å². The van der Waals surface area contributed by atoms with Gasteiger partial charge >= 0.3 is 0 Å². The van der Waals surface area contributed by atoms with Gasteiger partial charge in [0.1, 0.15) is 0 Å². The van der Waals surface area contributed by atoms with Gasteiger partial charge in [0.05, 0.1) is 18.1 Å². The van der Waals surface area contributed by atoms with Gasteiger partial charge in [0.15, 0.2) is 0 Å². The first-order valence-corrected chi connectivity index (χ1v) is 8.68. The Balaban J connectivity index is 1.43. The molecule has 3 heterocycles. The first-order chi connectivity index (χ1) is 11.3. The van der Waals surface area contributed by atoms with E-state index in [1.54, 1.807) is 6.20 Å². The Bertz CT molecular complexity index is 561. The maximum absolute atomic E-state index is 12.5. The molecule has 0 spiro atoms. The lowest BCUT2D eigenvalue weighted by Gasteiger charge is -2.43. The van der Waals surface area contributed by atoms with Gasteiger partial charge in [-0.05, 0) is 37.7 Å². The van der Waals surface area contributed by atoms with Gasteiger partial charge in [-0.15, -0.1) is 0 Å². The number of amides is 1. The number of carbonyl (C=O) groups excluding carboxylic acids is 1. The molecule has 0 bridgehead atoms. The minimum absolute atomic E-state index is 0.0744. The Morgan fingerprint density at radius 2 is 2.30 bits per heavy atom. The molecule has 2 atom stereocenters. The molecule has 2 saturated heterocycles. The number of hydrogen-bond donors (Lipinski definition) is 0. The smallest absolute Gasteiger partial charge is 0.222 e. The normalized spacial score (nSPS) is 30.1. The molecule has 1 amide bonds. The van der Waals surface area contributed by atoms with Crippen LogP contribution in [0.15, 0.2) is 24.4 Å². The fourth-order valence-corrected chi connectivity index (χ4v) is 3.82. The molecule has 0 N–H and O–H groups in total. The second-order valence-corrected chi connectivity index (χ2v) is 7.18. The van der Waals surface area contributed by atoms with Crippen LogP contribution >= 0.6 is 0 Å². The maximum Gasteiger partial charge on any atom is 0.222 e. The summed E-state index contributed by atoms with van der Waals surface area (Å²) in [4.78, 5) is 18.8. The summed E-state index contributed by atoms with van der Waals surface area (Å²) >= 11 is 0. The van der Waals surface area contributed by atoms with Crippen molar-refractivity contribution in [3.8, 4) is 5.88 Å². The molecule has 5 nitrogen and oxygen atoms in total. The number of ether oxygens (including phenoxy) is 2.